The predicted molar refractivity (Wildman–Crippen MR) is 72.4 cm³/mol. The largest absolute Gasteiger partial charge is 0.456 e. The van der Waals surface area contributed by atoms with E-state index in [0.29, 0.717) is 0 Å². The Bertz CT molecular complexity index is 661. The number of nitrogens with zero attached hydrogens (tertiary/aromatic N) is 2. The highest BCUT2D eigenvalue weighted by Crippen LogP contribution is 2.17. The van der Waals surface area contributed by atoms with Gasteiger partial charge in [-0.25, -0.2) is 4.79 Å². The van der Waals surface area contributed by atoms with Crippen molar-refractivity contribution in [1.29, 1.82) is 0 Å². The Balaban J connectivity index is 2.09. The minimum Gasteiger partial charge on any atom is -0.456 e. The maximum atomic E-state index is 11.9. The molecule has 2 aromatic rings. The molecule has 6 nitrogen and oxygen atoms in total. The normalized spacial score (nSPS) is 10.3. The molecule has 0 bridgehead atoms. The molecule has 0 amide bonds. The van der Waals surface area contributed by atoms with Crippen molar-refractivity contribution in [3.8, 4) is 0 Å². The number of hydrogen-bond acceptors (Lipinski definition) is 4. The summed E-state index contributed by atoms with van der Waals surface area (Å²) in [5.74, 6) is -0.580. The van der Waals surface area contributed by atoms with Gasteiger partial charge < -0.3 is 9.30 Å². The third kappa shape index (κ3) is 2.85. The van der Waals surface area contributed by atoms with Crippen molar-refractivity contribution in [2.75, 3.05) is 0 Å². The summed E-state index contributed by atoms with van der Waals surface area (Å²) >= 11 is 0. The van der Waals surface area contributed by atoms with Gasteiger partial charge in [-0.3, -0.25) is 10.1 Å². The zero-order chi connectivity index (χ0) is 14.7. The minimum absolute atomic E-state index is 0.129. The first-order chi connectivity index (χ1) is 9.49. The van der Waals surface area contributed by atoms with Gasteiger partial charge in [0.2, 0.25) is 0 Å². The summed E-state index contributed by atoms with van der Waals surface area (Å²) in [5.41, 5.74) is 1.96. The van der Waals surface area contributed by atoms with Crippen molar-refractivity contribution in [3.63, 3.8) is 0 Å². The summed E-state index contributed by atoms with van der Waals surface area (Å²) in [6.07, 6.45) is 1.28. The molecule has 0 aliphatic rings. The van der Waals surface area contributed by atoms with E-state index < -0.39 is 10.9 Å². The van der Waals surface area contributed by atoms with Gasteiger partial charge in [0.05, 0.1) is 11.1 Å². The van der Waals surface area contributed by atoms with Crippen LogP contribution in [0.2, 0.25) is 0 Å². The average Bonchev–Trinajstić information content (AvgIpc) is 2.80. The third-order valence-corrected chi connectivity index (χ3v) is 3.03. The smallest absolute Gasteiger partial charge is 0.355 e. The van der Waals surface area contributed by atoms with Gasteiger partial charge in [-0.05, 0) is 18.1 Å². The predicted octanol–water partition coefficient (Wildman–Crippen LogP) is 2.60. The summed E-state index contributed by atoms with van der Waals surface area (Å²) in [6.45, 7) is 2.07. The molecule has 0 aliphatic carbocycles. The number of esters is 1. The number of hydrogen-bond donors (Lipinski definition) is 0. The zero-order valence-corrected chi connectivity index (χ0v) is 11.2. The lowest BCUT2D eigenvalue weighted by Gasteiger charge is -2.07. The number of rotatable bonds is 4. The van der Waals surface area contributed by atoms with Crippen LogP contribution in [0, 0.1) is 17.0 Å². The molecule has 2 rings (SSSR count). The Morgan fingerprint density at radius 1 is 1.40 bits per heavy atom. The average molecular weight is 274 g/mol. The van der Waals surface area contributed by atoms with Crippen molar-refractivity contribution < 1.29 is 14.5 Å². The van der Waals surface area contributed by atoms with E-state index >= 15 is 0 Å². The number of benzene rings is 1. The first-order valence-electron chi connectivity index (χ1n) is 6.01. The molecule has 0 radical (unpaired) electrons. The molecular formula is C14H14N2O4. The molecule has 1 aromatic heterocycles. The van der Waals surface area contributed by atoms with E-state index in [9.17, 15) is 14.9 Å². The van der Waals surface area contributed by atoms with Crippen LogP contribution < -0.4 is 0 Å². The van der Waals surface area contributed by atoms with Gasteiger partial charge in [0.15, 0.2) is 0 Å². The number of aromatic nitrogens is 1. The van der Waals surface area contributed by atoms with Crippen LogP contribution in [0.1, 0.15) is 21.6 Å². The lowest BCUT2D eigenvalue weighted by atomic mass is 10.1. The molecule has 6 heteroatoms. The monoisotopic (exact) mass is 274 g/mol. The molecule has 1 aromatic carbocycles. The van der Waals surface area contributed by atoms with Crippen LogP contribution in [0.25, 0.3) is 0 Å². The van der Waals surface area contributed by atoms with E-state index in [4.69, 9.17) is 4.74 Å². The molecule has 1 heterocycles. The maximum Gasteiger partial charge on any atom is 0.355 e. The van der Waals surface area contributed by atoms with E-state index in [1.54, 1.807) is 7.05 Å². The molecule has 0 spiro atoms. The fourth-order valence-corrected chi connectivity index (χ4v) is 1.84. The van der Waals surface area contributed by atoms with Gasteiger partial charge >= 0.3 is 5.97 Å². The van der Waals surface area contributed by atoms with Crippen LogP contribution in [0.3, 0.4) is 0 Å². The van der Waals surface area contributed by atoms with Crippen LogP contribution in [-0.4, -0.2) is 15.5 Å². The van der Waals surface area contributed by atoms with E-state index in [1.165, 1.54) is 16.8 Å². The Hall–Kier alpha value is -2.63. The molecule has 0 saturated heterocycles. The number of aryl methyl sites for hydroxylation is 2. The molecule has 0 unspecified atom stereocenters. The fraction of sp³-hybridized carbons (Fsp3) is 0.214. The molecule has 0 fully saturated rings. The van der Waals surface area contributed by atoms with Gasteiger partial charge in [0.1, 0.15) is 12.3 Å². The summed E-state index contributed by atoms with van der Waals surface area (Å²) in [7, 11) is 1.57. The molecular weight excluding hydrogens is 260 g/mol. The highest BCUT2D eigenvalue weighted by Gasteiger charge is 2.18. The van der Waals surface area contributed by atoms with Gasteiger partial charge in [-0.15, -0.1) is 0 Å². The molecule has 0 saturated carbocycles. The van der Waals surface area contributed by atoms with Gasteiger partial charge in [0, 0.05) is 13.1 Å². The SMILES string of the molecule is Cc1ccccc1COC(=O)c1cc([N+](=O)[O-])cn1C. The van der Waals surface area contributed by atoms with Crippen molar-refractivity contribution in [2.45, 2.75) is 13.5 Å². The Morgan fingerprint density at radius 2 is 2.10 bits per heavy atom. The lowest BCUT2D eigenvalue weighted by molar-refractivity contribution is -0.384. The second-order valence-corrected chi connectivity index (χ2v) is 4.45. The van der Waals surface area contributed by atoms with Crippen LogP contribution >= 0.6 is 0 Å². The lowest BCUT2D eigenvalue weighted by Crippen LogP contribution is -2.09. The number of ether oxygens (including phenoxy) is 1. The Kier molecular flexibility index (Phi) is 3.84. The summed E-state index contributed by atoms with van der Waals surface area (Å²) in [6, 6.07) is 8.78. The van der Waals surface area contributed by atoms with Gasteiger partial charge in [-0.1, -0.05) is 24.3 Å². The zero-order valence-electron chi connectivity index (χ0n) is 11.2. The molecule has 0 aliphatic heterocycles. The van der Waals surface area contributed by atoms with E-state index in [2.05, 4.69) is 0 Å². The number of carbonyl (C=O) groups excluding carboxylic acids is 1. The summed E-state index contributed by atoms with van der Waals surface area (Å²) < 4.78 is 6.57. The van der Waals surface area contributed by atoms with E-state index in [0.717, 1.165) is 11.1 Å². The van der Waals surface area contributed by atoms with Crippen molar-refractivity contribution in [3.05, 3.63) is 63.5 Å². The van der Waals surface area contributed by atoms with Gasteiger partial charge in [-0.2, -0.15) is 0 Å². The van der Waals surface area contributed by atoms with Gasteiger partial charge in [0.25, 0.3) is 5.69 Å². The standard InChI is InChI=1S/C14H14N2O4/c1-10-5-3-4-6-11(10)9-20-14(17)13-7-12(16(18)19)8-15(13)2/h3-8H,9H2,1-2H3. The van der Waals surface area contributed by atoms with Crippen LogP contribution in [0.4, 0.5) is 5.69 Å². The molecule has 0 atom stereocenters. The molecule has 20 heavy (non-hydrogen) atoms. The van der Waals surface area contributed by atoms with Crippen molar-refractivity contribution in [2.24, 2.45) is 7.05 Å². The number of carbonyl (C=O) groups is 1. The topological polar surface area (TPSA) is 74.4 Å². The number of nitro groups is 1. The first kappa shape index (κ1) is 13.8. The summed E-state index contributed by atoms with van der Waals surface area (Å²) in [4.78, 5) is 22.0. The third-order valence-electron chi connectivity index (χ3n) is 3.03. The van der Waals surface area contributed by atoms with E-state index in [-0.39, 0.29) is 18.0 Å². The highest BCUT2D eigenvalue weighted by molar-refractivity contribution is 5.88. The van der Waals surface area contributed by atoms with Crippen LogP contribution in [-0.2, 0) is 18.4 Å². The quantitative estimate of drug-likeness (QED) is 0.488. The van der Waals surface area contributed by atoms with E-state index in [1.807, 2.05) is 31.2 Å². The molecule has 0 N–H and O–H groups in total. The van der Waals surface area contributed by atoms with Crippen molar-refractivity contribution in [1.82, 2.24) is 4.57 Å². The first-order valence-corrected chi connectivity index (χ1v) is 6.01. The second-order valence-electron chi connectivity index (χ2n) is 4.45. The maximum absolute atomic E-state index is 11.9. The Labute approximate surface area is 115 Å². The minimum atomic E-state index is -0.580. The fourth-order valence-electron chi connectivity index (χ4n) is 1.84. The van der Waals surface area contributed by atoms with Crippen LogP contribution in [0.15, 0.2) is 36.5 Å². The Morgan fingerprint density at radius 3 is 2.70 bits per heavy atom. The highest BCUT2D eigenvalue weighted by atomic mass is 16.6. The molecule has 104 valence electrons. The summed E-state index contributed by atoms with van der Waals surface area (Å²) in [5, 5.41) is 10.7. The van der Waals surface area contributed by atoms with Crippen LogP contribution in [0.5, 0.6) is 0 Å². The second kappa shape index (κ2) is 5.56. The van der Waals surface area contributed by atoms with Crippen molar-refractivity contribution >= 4 is 11.7 Å².